The molecule has 0 saturated carbocycles. The Kier molecular flexibility index (Phi) is 4.41. The highest BCUT2D eigenvalue weighted by Crippen LogP contribution is 2.35. The van der Waals surface area contributed by atoms with Crippen molar-refractivity contribution in [1.82, 2.24) is 9.88 Å². The van der Waals surface area contributed by atoms with Crippen molar-refractivity contribution in [3.8, 4) is 5.75 Å². The lowest BCUT2D eigenvalue weighted by Crippen LogP contribution is -2.38. The van der Waals surface area contributed by atoms with E-state index < -0.39 is 0 Å². The maximum atomic E-state index is 12.8. The van der Waals surface area contributed by atoms with Gasteiger partial charge in [-0.25, -0.2) is 0 Å². The van der Waals surface area contributed by atoms with Crippen molar-refractivity contribution in [1.29, 1.82) is 0 Å². The molecule has 4 heteroatoms. The zero-order valence-corrected chi connectivity index (χ0v) is 15.3. The minimum atomic E-state index is 0.113. The Balaban J connectivity index is 1.48. The third-order valence-electron chi connectivity index (χ3n) is 5.47. The summed E-state index contributed by atoms with van der Waals surface area (Å²) in [5.41, 5.74) is 4.62. The number of H-pyrrole nitrogens is 1. The molecule has 0 aliphatic carbocycles. The molecule has 2 aromatic carbocycles. The van der Waals surface area contributed by atoms with Crippen molar-refractivity contribution < 1.29 is 9.53 Å². The number of para-hydroxylation sites is 1. The molecule has 0 bridgehead atoms. The third-order valence-corrected chi connectivity index (χ3v) is 5.47. The first kappa shape index (κ1) is 16.7. The van der Waals surface area contributed by atoms with E-state index in [4.69, 9.17) is 4.74 Å². The molecule has 26 heavy (non-hydrogen) atoms. The summed E-state index contributed by atoms with van der Waals surface area (Å²) in [4.78, 5) is 18.2. The van der Waals surface area contributed by atoms with Gasteiger partial charge in [0.05, 0.1) is 7.11 Å². The number of aryl methyl sites for hydroxylation is 1. The third kappa shape index (κ3) is 2.96. The fraction of sp³-hybridized carbons (Fsp3) is 0.318. The molecule has 3 aromatic rings. The zero-order chi connectivity index (χ0) is 18.1. The Bertz CT molecular complexity index is 919. The molecule has 1 fully saturated rings. The number of carbonyl (C=O) groups excluding carboxylic acids is 1. The first-order chi connectivity index (χ1) is 12.7. The lowest BCUT2D eigenvalue weighted by molar-refractivity contribution is 0.0713. The molecule has 0 atom stereocenters. The second kappa shape index (κ2) is 6.87. The van der Waals surface area contributed by atoms with Crippen LogP contribution in [0.5, 0.6) is 5.75 Å². The Morgan fingerprint density at radius 3 is 2.46 bits per heavy atom. The van der Waals surface area contributed by atoms with Crippen LogP contribution in [0.3, 0.4) is 0 Å². The van der Waals surface area contributed by atoms with Gasteiger partial charge in [0.1, 0.15) is 5.75 Å². The van der Waals surface area contributed by atoms with Gasteiger partial charge in [0.2, 0.25) is 0 Å². The number of methoxy groups -OCH3 is 1. The number of nitrogens with zero attached hydrogens (tertiary/aromatic N) is 1. The molecular formula is C22H24N2O2. The van der Waals surface area contributed by atoms with Crippen LogP contribution in [0.25, 0.3) is 10.9 Å². The highest BCUT2D eigenvalue weighted by atomic mass is 16.5. The van der Waals surface area contributed by atoms with Gasteiger partial charge < -0.3 is 14.6 Å². The second-order valence-corrected chi connectivity index (χ2v) is 7.00. The summed E-state index contributed by atoms with van der Waals surface area (Å²) in [7, 11) is 1.63. The topological polar surface area (TPSA) is 45.3 Å². The Labute approximate surface area is 153 Å². The monoisotopic (exact) mass is 348 g/mol. The number of nitrogens with one attached hydrogen (secondary N) is 1. The molecule has 4 rings (SSSR count). The van der Waals surface area contributed by atoms with Gasteiger partial charge in [-0.15, -0.1) is 0 Å². The van der Waals surface area contributed by atoms with Gasteiger partial charge >= 0.3 is 0 Å². The van der Waals surface area contributed by atoms with E-state index in [9.17, 15) is 4.79 Å². The predicted octanol–water partition coefficient (Wildman–Crippen LogP) is 4.50. The Morgan fingerprint density at radius 2 is 1.77 bits per heavy atom. The van der Waals surface area contributed by atoms with Crippen LogP contribution in [-0.2, 0) is 0 Å². The first-order valence-corrected chi connectivity index (χ1v) is 9.18. The van der Waals surface area contributed by atoms with Crippen LogP contribution in [0.4, 0.5) is 0 Å². The van der Waals surface area contributed by atoms with Crippen molar-refractivity contribution in [3.63, 3.8) is 0 Å². The van der Waals surface area contributed by atoms with Gasteiger partial charge in [0.15, 0.2) is 0 Å². The molecule has 1 aliphatic heterocycles. The number of amides is 1. The quantitative estimate of drug-likeness (QED) is 0.757. The smallest absolute Gasteiger partial charge is 0.253 e. The number of ether oxygens (including phenoxy) is 1. The van der Waals surface area contributed by atoms with E-state index in [0.29, 0.717) is 5.92 Å². The van der Waals surface area contributed by atoms with Crippen LogP contribution >= 0.6 is 0 Å². The van der Waals surface area contributed by atoms with Crippen molar-refractivity contribution in [2.45, 2.75) is 25.7 Å². The van der Waals surface area contributed by atoms with Crippen LogP contribution in [0.1, 0.15) is 40.4 Å². The predicted molar refractivity (Wildman–Crippen MR) is 104 cm³/mol. The van der Waals surface area contributed by atoms with Crippen LogP contribution in [0.2, 0.25) is 0 Å². The van der Waals surface area contributed by atoms with E-state index in [1.807, 2.05) is 29.2 Å². The van der Waals surface area contributed by atoms with Gasteiger partial charge in [-0.05, 0) is 61.6 Å². The molecule has 1 aliphatic rings. The van der Waals surface area contributed by atoms with E-state index in [1.165, 1.54) is 22.2 Å². The van der Waals surface area contributed by atoms with Crippen LogP contribution in [0, 0.1) is 6.92 Å². The highest BCUT2D eigenvalue weighted by Gasteiger charge is 2.27. The fourth-order valence-corrected chi connectivity index (χ4v) is 4.11. The van der Waals surface area contributed by atoms with E-state index in [-0.39, 0.29) is 5.91 Å². The number of fused-ring (bicyclic) bond motifs is 1. The zero-order valence-electron chi connectivity index (χ0n) is 15.3. The lowest BCUT2D eigenvalue weighted by Gasteiger charge is -2.32. The molecule has 0 spiro atoms. The first-order valence-electron chi connectivity index (χ1n) is 9.18. The minimum absolute atomic E-state index is 0.113. The number of piperidine rings is 1. The standard InChI is InChI=1S/C22H24N2O2/c1-15-21(19-5-3-4-6-20(19)23-15)16-11-13-24(14-12-16)22(25)17-7-9-18(26-2)10-8-17/h3-10,16,23H,11-14H2,1-2H3. The average Bonchev–Trinajstić information content (AvgIpc) is 3.03. The fourth-order valence-electron chi connectivity index (χ4n) is 4.11. The van der Waals surface area contributed by atoms with E-state index >= 15 is 0 Å². The summed E-state index contributed by atoms with van der Waals surface area (Å²) in [6.07, 6.45) is 2.01. The summed E-state index contributed by atoms with van der Waals surface area (Å²) in [5.74, 6) is 1.39. The summed E-state index contributed by atoms with van der Waals surface area (Å²) in [6.45, 7) is 3.76. The van der Waals surface area contributed by atoms with Crippen molar-refractivity contribution in [2.75, 3.05) is 20.2 Å². The van der Waals surface area contributed by atoms with Gasteiger partial charge in [-0.3, -0.25) is 4.79 Å². The second-order valence-electron chi connectivity index (χ2n) is 7.00. The minimum Gasteiger partial charge on any atom is -0.497 e. The number of hydrogen-bond donors (Lipinski definition) is 1. The number of rotatable bonds is 3. The molecule has 0 radical (unpaired) electrons. The molecule has 1 saturated heterocycles. The van der Waals surface area contributed by atoms with Crippen LogP contribution < -0.4 is 4.74 Å². The lowest BCUT2D eigenvalue weighted by atomic mass is 9.87. The number of likely N-dealkylation sites (tertiary alicyclic amines) is 1. The van der Waals surface area contributed by atoms with E-state index in [2.05, 4.69) is 36.2 Å². The molecule has 0 unspecified atom stereocenters. The number of aromatic nitrogens is 1. The summed E-state index contributed by atoms with van der Waals surface area (Å²) >= 11 is 0. The summed E-state index contributed by atoms with van der Waals surface area (Å²) < 4.78 is 5.17. The van der Waals surface area contributed by atoms with Gasteiger partial charge in [0, 0.05) is 35.2 Å². The summed E-state index contributed by atoms with van der Waals surface area (Å²) in [6, 6.07) is 15.9. The maximum absolute atomic E-state index is 12.8. The van der Waals surface area contributed by atoms with Crippen molar-refractivity contribution in [2.24, 2.45) is 0 Å². The van der Waals surface area contributed by atoms with Crippen molar-refractivity contribution in [3.05, 3.63) is 65.4 Å². The van der Waals surface area contributed by atoms with Gasteiger partial charge in [-0.1, -0.05) is 18.2 Å². The highest BCUT2D eigenvalue weighted by molar-refractivity contribution is 5.94. The molecule has 1 N–H and O–H groups in total. The largest absolute Gasteiger partial charge is 0.497 e. The maximum Gasteiger partial charge on any atom is 0.253 e. The number of hydrogen-bond acceptors (Lipinski definition) is 2. The van der Waals surface area contributed by atoms with Gasteiger partial charge in [-0.2, -0.15) is 0 Å². The number of benzene rings is 2. The SMILES string of the molecule is COc1ccc(C(=O)N2CCC(c3c(C)[nH]c4ccccc34)CC2)cc1. The molecule has 134 valence electrons. The van der Waals surface area contributed by atoms with E-state index in [0.717, 1.165) is 37.2 Å². The van der Waals surface area contributed by atoms with Gasteiger partial charge in [0.25, 0.3) is 5.91 Å². The Morgan fingerprint density at radius 1 is 1.08 bits per heavy atom. The van der Waals surface area contributed by atoms with Crippen molar-refractivity contribution >= 4 is 16.8 Å². The van der Waals surface area contributed by atoms with Crippen LogP contribution in [-0.4, -0.2) is 36.0 Å². The molecule has 1 aromatic heterocycles. The normalized spacial score (nSPS) is 15.4. The molecular weight excluding hydrogens is 324 g/mol. The number of carbonyl (C=O) groups is 1. The average molecular weight is 348 g/mol. The number of aromatic amines is 1. The molecule has 1 amide bonds. The Hall–Kier alpha value is -2.75. The van der Waals surface area contributed by atoms with E-state index in [1.54, 1.807) is 7.11 Å². The van der Waals surface area contributed by atoms with Crippen LogP contribution in [0.15, 0.2) is 48.5 Å². The summed E-state index contributed by atoms with van der Waals surface area (Å²) in [5, 5.41) is 1.32. The molecule has 2 heterocycles. The molecule has 4 nitrogen and oxygen atoms in total.